The van der Waals surface area contributed by atoms with E-state index >= 15 is 0 Å². The molecule has 1 fully saturated rings. The van der Waals surface area contributed by atoms with Crippen molar-refractivity contribution in [3.05, 3.63) is 83.3 Å². The minimum absolute atomic E-state index is 0.222. The van der Waals surface area contributed by atoms with Crippen LogP contribution in [0.3, 0.4) is 0 Å². The molecule has 182 valence electrons. The van der Waals surface area contributed by atoms with Crippen LogP contribution in [0.15, 0.2) is 61.1 Å². The van der Waals surface area contributed by atoms with E-state index in [2.05, 4.69) is 70.0 Å². The van der Waals surface area contributed by atoms with Gasteiger partial charge < -0.3 is 14.8 Å². The fourth-order valence-electron chi connectivity index (χ4n) is 4.94. The maximum atomic E-state index is 12.8. The Balaban J connectivity index is 1.33. The second-order valence-corrected chi connectivity index (χ2v) is 9.81. The number of carbonyl (C=O) groups is 1. The molecule has 7 nitrogen and oxygen atoms in total. The summed E-state index contributed by atoms with van der Waals surface area (Å²) in [5.41, 5.74) is 5.30. The van der Waals surface area contributed by atoms with Gasteiger partial charge in [0.1, 0.15) is 0 Å². The summed E-state index contributed by atoms with van der Waals surface area (Å²) in [5.74, 6) is 1.44. The SMILES string of the molecule is CC(C)c1cnc(N2CCC(c3cn(C)c4ccc(NC(=O)c5cccc(C#N)c5)cc34)CC2)nc1. The summed E-state index contributed by atoms with van der Waals surface area (Å²) in [4.78, 5) is 24.3. The quantitative estimate of drug-likeness (QED) is 0.403. The minimum Gasteiger partial charge on any atom is -0.350 e. The number of hydrogen-bond acceptors (Lipinski definition) is 5. The monoisotopic (exact) mass is 478 g/mol. The molecule has 1 amide bonds. The van der Waals surface area contributed by atoms with Gasteiger partial charge in [0.25, 0.3) is 5.91 Å². The predicted octanol–water partition coefficient (Wildman–Crippen LogP) is 5.60. The highest BCUT2D eigenvalue weighted by molar-refractivity contribution is 6.05. The number of hydrogen-bond donors (Lipinski definition) is 1. The summed E-state index contributed by atoms with van der Waals surface area (Å²) in [6, 6.07) is 14.9. The molecule has 0 radical (unpaired) electrons. The van der Waals surface area contributed by atoms with Crippen molar-refractivity contribution >= 4 is 28.4 Å². The molecule has 3 heterocycles. The van der Waals surface area contributed by atoms with Crippen LogP contribution in [0.1, 0.15) is 65.6 Å². The fourth-order valence-corrected chi connectivity index (χ4v) is 4.94. The lowest BCUT2D eigenvalue weighted by molar-refractivity contribution is 0.102. The highest BCUT2D eigenvalue weighted by Crippen LogP contribution is 2.36. The van der Waals surface area contributed by atoms with Gasteiger partial charge in [0.2, 0.25) is 5.95 Å². The number of nitrogens with zero attached hydrogens (tertiary/aromatic N) is 5. The first-order chi connectivity index (χ1) is 17.4. The van der Waals surface area contributed by atoms with Crippen molar-refractivity contribution in [3.8, 4) is 6.07 Å². The number of amides is 1. The Bertz CT molecular complexity index is 1440. The van der Waals surface area contributed by atoms with Crippen molar-refractivity contribution in [3.63, 3.8) is 0 Å². The van der Waals surface area contributed by atoms with Crippen LogP contribution in [-0.2, 0) is 7.05 Å². The normalized spacial score (nSPS) is 14.2. The van der Waals surface area contributed by atoms with Crippen molar-refractivity contribution in [2.75, 3.05) is 23.3 Å². The number of fused-ring (bicyclic) bond motifs is 1. The molecule has 1 N–H and O–H groups in total. The molecule has 2 aromatic heterocycles. The Hall–Kier alpha value is -4.18. The van der Waals surface area contributed by atoms with Crippen molar-refractivity contribution in [1.82, 2.24) is 14.5 Å². The van der Waals surface area contributed by atoms with Crippen molar-refractivity contribution in [2.45, 2.75) is 38.5 Å². The summed E-state index contributed by atoms with van der Waals surface area (Å²) in [7, 11) is 2.07. The number of nitriles is 1. The molecule has 2 aromatic carbocycles. The van der Waals surface area contributed by atoms with Gasteiger partial charge in [-0.2, -0.15) is 5.26 Å². The first-order valence-electron chi connectivity index (χ1n) is 12.4. The smallest absolute Gasteiger partial charge is 0.255 e. The Morgan fingerprint density at radius 3 is 2.56 bits per heavy atom. The molecule has 0 atom stereocenters. The molecule has 0 spiro atoms. The van der Waals surface area contributed by atoms with E-state index in [9.17, 15) is 4.79 Å². The third-order valence-corrected chi connectivity index (χ3v) is 7.07. The average molecular weight is 479 g/mol. The van der Waals surface area contributed by atoms with Gasteiger partial charge in [-0.3, -0.25) is 4.79 Å². The molecule has 0 bridgehead atoms. The Morgan fingerprint density at radius 2 is 1.86 bits per heavy atom. The second kappa shape index (κ2) is 9.82. The Kier molecular flexibility index (Phi) is 6.43. The molecule has 4 aromatic rings. The van der Waals surface area contributed by atoms with Crippen molar-refractivity contribution in [1.29, 1.82) is 5.26 Å². The molecule has 0 unspecified atom stereocenters. The third-order valence-electron chi connectivity index (χ3n) is 7.07. The van der Waals surface area contributed by atoms with Crippen LogP contribution in [0.25, 0.3) is 10.9 Å². The molecular formula is C29H30N6O. The molecule has 1 aliphatic heterocycles. The summed E-state index contributed by atoms with van der Waals surface area (Å²) in [6.45, 7) is 6.12. The van der Waals surface area contributed by atoms with Crippen LogP contribution in [0.4, 0.5) is 11.6 Å². The Labute approximate surface area is 211 Å². The third kappa shape index (κ3) is 4.67. The lowest BCUT2D eigenvalue weighted by Crippen LogP contribution is -2.34. The molecular weight excluding hydrogens is 448 g/mol. The molecule has 5 rings (SSSR count). The molecule has 0 aliphatic carbocycles. The number of carbonyl (C=O) groups excluding carboxylic acids is 1. The minimum atomic E-state index is -0.222. The number of nitrogens with one attached hydrogen (secondary N) is 1. The van der Waals surface area contributed by atoms with Crippen LogP contribution in [0, 0.1) is 11.3 Å². The first kappa shape index (κ1) is 23.6. The van der Waals surface area contributed by atoms with Crippen LogP contribution < -0.4 is 10.2 Å². The van der Waals surface area contributed by atoms with Gasteiger partial charge in [-0.15, -0.1) is 0 Å². The van der Waals surface area contributed by atoms with Crippen LogP contribution in [0.5, 0.6) is 0 Å². The zero-order valence-electron chi connectivity index (χ0n) is 20.9. The standard InChI is InChI=1S/C29H30N6O/c1-19(2)23-16-31-29(32-17-23)35-11-9-21(10-12-35)26-18-34(3)27-8-7-24(14-25(26)27)33-28(36)22-6-4-5-20(13-22)15-30/h4-8,13-14,16-19,21H,9-12H2,1-3H3,(H,33,36). The van der Waals surface area contributed by atoms with E-state index in [0.717, 1.165) is 54.0 Å². The number of rotatable bonds is 5. The largest absolute Gasteiger partial charge is 0.350 e. The van der Waals surface area contributed by atoms with Gasteiger partial charge in [-0.05, 0) is 72.2 Å². The van der Waals surface area contributed by atoms with Crippen LogP contribution in [0.2, 0.25) is 0 Å². The van der Waals surface area contributed by atoms with Crippen LogP contribution >= 0.6 is 0 Å². The van der Waals surface area contributed by atoms with E-state index in [1.807, 2.05) is 18.5 Å². The van der Waals surface area contributed by atoms with Gasteiger partial charge in [-0.1, -0.05) is 19.9 Å². The predicted molar refractivity (Wildman–Crippen MR) is 142 cm³/mol. The maximum Gasteiger partial charge on any atom is 0.255 e. The highest BCUT2D eigenvalue weighted by atomic mass is 16.1. The van der Waals surface area contributed by atoms with Gasteiger partial charge in [0.15, 0.2) is 0 Å². The highest BCUT2D eigenvalue weighted by Gasteiger charge is 2.25. The van der Waals surface area contributed by atoms with Gasteiger partial charge in [0.05, 0.1) is 11.6 Å². The fraction of sp³-hybridized carbons (Fsp3) is 0.310. The van der Waals surface area contributed by atoms with E-state index in [1.165, 1.54) is 5.56 Å². The van der Waals surface area contributed by atoms with E-state index < -0.39 is 0 Å². The summed E-state index contributed by atoms with van der Waals surface area (Å²) in [5, 5.41) is 13.3. The van der Waals surface area contributed by atoms with E-state index in [-0.39, 0.29) is 5.91 Å². The van der Waals surface area contributed by atoms with Gasteiger partial charge >= 0.3 is 0 Å². The topological polar surface area (TPSA) is 86.8 Å². The lowest BCUT2D eigenvalue weighted by atomic mass is 9.89. The zero-order valence-corrected chi connectivity index (χ0v) is 20.9. The molecule has 36 heavy (non-hydrogen) atoms. The first-order valence-corrected chi connectivity index (χ1v) is 12.4. The number of benzene rings is 2. The number of aromatic nitrogens is 3. The van der Waals surface area contributed by atoms with E-state index in [4.69, 9.17) is 5.26 Å². The second-order valence-electron chi connectivity index (χ2n) is 9.81. The molecule has 0 saturated carbocycles. The zero-order chi connectivity index (χ0) is 25.2. The summed E-state index contributed by atoms with van der Waals surface area (Å²) < 4.78 is 2.16. The average Bonchev–Trinajstić information content (AvgIpc) is 3.24. The number of piperidine rings is 1. The molecule has 7 heteroatoms. The Morgan fingerprint density at radius 1 is 1.11 bits per heavy atom. The summed E-state index contributed by atoms with van der Waals surface area (Å²) >= 11 is 0. The van der Waals surface area contributed by atoms with Gasteiger partial charge in [0, 0.05) is 60.9 Å². The van der Waals surface area contributed by atoms with E-state index in [1.54, 1.807) is 24.3 Å². The maximum absolute atomic E-state index is 12.8. The van der Waals surface area contributed by atoms with E-state index in [0.29, 0.717) is 23.0 Å². The van der Waals surface area contributed by atoms with Crippen LogP contribution in [-0.4, -0.2) is 33.5 Å². The van der Waals surface area contributed by atoms with Crippen molar-refractivity contribution < 1.29 is 4.79 Å². The number of aryl methyl sites for hydroxylation is 1. The lowest BCUT2D eigenvalue weighted by Gasteiger charge is -2.32. The summed E-state index contributed by atoms with van der Waals surface area (Å²) in [6.07, 6.45) is 8.14. The van der Waals surface area contributed by atoms with Crippen molar-refractivity contribution in [2.24, 2.45) is 7.05 Å². The van der Waals surface area contributed by atoms with Gasteiger partial charge in [-0.25, -0.2) is 9.97 Å². The molecule has 1 saturated heterocycles. The molecule has 1 aliphatic rings. The number of anilines is 2.